The van der Waals surface area contributed by atoms with Gasteiger partial charge < -0.3 is 15.0 Å². The van der Waals surface area contributed by atoms with Crippen molar-refractivity contribution in [3.8, 4) is 0 Å². The lowest BCUT2D eigenvalue weighted by Crippen LogP contribution is -2.49. The van der Waals surface area contributed by atoms with Crippen molar-refractivity contribution in [2.24, 2.45) is 0 Å². The van der Waals surface area contributed by atoms with Crippen LogP contribution < -0.4 is 10.2 Å². The predicted molar refractivity (Wildman–Crippen MR) is 81.1 cm³/mol. The summed E-state index contributed by atoms with van der Waals surface area (Å²) in [5, 5.41) is 3.50. The van der Waals surface area contributed by atoms with Crippen molar-refractivity contribution in [2.75, 3.05) is 24.6 Å². The molecule has 2 heterocycles. The summed E-state index contributed by atoms with van der Waals surface area (Å²) in [5.41, 5.74) is 1.31. The van der Waals surface area contributed by atoms with Crippen molar-refractivity contribution in [2.45, 2.75) is 51.3 Å². The monoisotopic (exact) mass is 275 g/mol. The third-order valence-electron chi connectivity index (χ3n) is 4.55. The molecule has 0 amide bonds. The van der Waals surface area contributed by atoms with Gasteiger partial charge in [-0.1, -0.05) is 13.0 Å². The van der Waals surface area contributed by atoms with Crippen molar-refractivity contribution in [3.05, 3.63) is 23.9 Å². The molecule has 1 aromatic heterocycles. The second kappa shape index (κ2) is 6.10. The van der Waals surface area contributed by atoms with Gasteiger partial charge in [0.15, 0.2) is 0 Å². The highest BCUT2D eigenvalue weighted by atomic mass is 16.5. The van der Waals surface area contributed by atoms with Crippen molar-refractivity contribution in [3.63, 3.8) is 0 Å². The fourth-order valence-electron chi connectivity index (χ4n) is 3.59. The minimum atomic E-state index is 0.339. The van der Waals surface area contributed by atoms with Crippen LogP contribution in [0.3, 0.4) is 0 Å². The summed E-state index contributed by atoms with van der Waals surface area (Å²) in [6.45, 7) is 7.13. The van der Waals surface area contributed by atoms with Crippen LogP contribution in [0.1, 0.15) is 44.7 Å². The highest BCUT2D eigenvalue weighted by Gasteiger charge is 2.37. The van der Waals surface area contributed by atoms with E-state index in [4.69, 9.17) is 9.72 Å². The second-order valence-electron chi connectivity index (χ2n) is 5.80. The summed E-state index contributed by atoms with van der Waals surface area (Å²) >= 11 is 0. The zero-order valence-electron chi connectivity index (χ0n) is 12.5. The number of hydrogen-bond acceptors (Lipinski definition) is 4. The highest BCUT2D eigenvalue weighted by Crippen LogP contribution is 2.34. The molecule has 2 aliphatic rings. The minimum Gasteiger partial charge on any atom is -0.374 e. The number of morpholine rings is 1. The van der Waals surface area contributed by atoms with E-state index >= 15 is 0 Å². The van der Waals surface area contributed by atoms with Crippen LogP contribution in [-0.2, 0) is 4.74 Å². The van der Waals surface area contributed by atoms with Gasteiger partial charge in [0.05, 0.1) is 18.8 Å². The maximum atomic E-state index is 5.92. The van der Waals surface area contributed by atoms with Gasteiger partial charge in [-0.25, -0.2) is 4.98 Å². The first-order valence-corrected chi connectivity index (χ1v) is 7.87. The van der Waals surface area contributed by atoms with E-state index in [1.54, 1.807) is 0 Å². The number of rotatable bonds is 4. The van der Waals surface area contributed by atoms with Gasteiger partial charge in [0.25, 0.3) is 0 Å². The van der Waals surface area contributed by atoms with Crippen LogP contribution in [-0.4, -0.2) is 36.8 Å². The zero-order valence-corrected chi connectivity index (χ0v) is 12.5. The molecule has 0 spiro atoms. The Morgan fingerprint density at radius 2 is 2.40 bits per heavy atom. The van der Waals surface area contributed by atoms with Gasteiger partial charge in [-0.2, -0.15) is 0 Å². The van der Waals surface area contributed by atoms with Gasteiger partial charge in [-0.05, 0) is 38.8 Å². The Kier molecular flexibility index (Phi) is 4.22. The van der Waals surface area contributed by atoms with Crippen molar-refractivity contribution in [1.82, 2.24) is 10.3 Å². The molecule has 3 atom stereocenters. The first kappa shape index (κ1) is 13.8. The van der Waals surface area contributed by atoms with Crippen LogP contribution in [0.4, 0.5) is 5.82 Å². The van der Waals surface area contributed by atoms with Gasteiger partial charge >= 0.3 is 0 Å². The lowest BCUT2D eigenvalue weighted by molar-refractivity contribution is 0.0252. The lowest BCUT2D eigenvalue weighted by Gasteiger charge is -2.39. The van der Waals surface area contributed by atoms with Gasteiger partial charge in [0, 0.05) is 24.3 Å². The van der Waals surface area contributed by atoms with E-state index in [1.807, 2.05) is 12.3 Å². The largest absolute Gasteiger partial charge is 0.374 e. The Labute approximate surface area is 121 Å². The van der Waals surface area contributed by atoms with Crippen LogP contribution in [0.5, 0.6) is 0 Å². The van der Waals surface area contributed by atoms with Gasteiger partial charge in [-0.15, -0.1) is 0 Å². The molecule has 4 heteroatoms. The van der Waals surface area contributed by atoms with Crippen LogP contribution in [0.15, 0.2) is 18.3 Å². The molecule has 20 heavy (non-hydrogen) atoms. The summed E-state index contributed by atoms with van der Waals surface area (Å²) in [4.78, 5) is 7.19. The third kappa shape index (κ3) is 2.54. The van der Waals surface area contributed by atoms with Crippen molar-refractivity contribution < 1.29 is 4.74 Å². The molecule has 4 nitrogen and oxygen atoms in total. The minimum absolute atomic E-state index is 0.339. The molecule has 1 aliphatic carbocycles. The van der Waals surface area contributed by atoms with E-state index in [2.05, 4.69) is 30.1 Å². The van der Waals surface area contributed by atoms with Crippen LogP contribution in [0, 0.1) is 0 Å². The van der Waals surface area contributed by atoms with Crippen LogP contribution in [0.25, 0.3) is 0 Å². The molecule has 1 N–H and O–H groups in total. The van der Waals surface area contributed by atoms with Crippen molar-refractivity contribution in [1.29, 1.82) is 0 Å². The molecule has 0 radical (unpaired) electrons. The summed E-state index contributed by atoms with van der Waals surface area (Å²) in [6.07, 6.45) is 6.03. The molecule has 1 aliphatic heterocycles. The molecule has 1 saturated carbocycles. The smallest absolute Gasteiger partial charge is 0.133 e. The number of fused-ring (bicyclic) bond motifs is 1. The maximum absolute atomic E-state index is 5.92. The van der Waals surface area contributed by atoms with Crippen molar-refractivity contribution >= 4 is 5.82 Å². The quantitative estimate of drug-likeness (QED) is 0.916. The zero-order chi connectivity index (χ0) is 13.9. The molecule has 1 aromatic rings. The number of aromatic nitrogens is 1. The molecule has 0 bridgehead atoms. The molecule has 3 rings (SSSR count). The average molecular weight is 275 g/mol. The second-order valence-corrected chi connectivity index (χ2v) is 5.80. The number of hydrogen-bond donors (Lipinski definition) is 1. The first-order valence-electron chi connectivity index (χ1n) is 7.87. The fourth-order valence-corrected chi connectivity index (χ4v) is 3.59. The molecule has 110 valence electrons. The summed E-state index contributed by atoms with van der Waals surface area (Å²) in [6, 6.07) is 5.10. The van der Waals surface area contributed by atoms with Crippen LogP contribution >= 0.6 is 0 Å². The number of anilines is 1. The lowest BCUT2D eigenvalue weighted by atomic mass is 10.1. The van der Waals surface area contributed by atoms with Gasteiger partial charge in [0.2, 0.25) is 0 Å². The normalized spacial score (nSPS) is 27.4. The number of nitrogens with zero attached hydrogens (tertiary/aromatic N) is 2. The Morgan fingerprint density at radius 1 is 1.50 bits per heavy atom. The Hall–Kier alpha value is -1.13. The Bertz CT molecular complexity index is 451. The summed E-state index contributed by atoms with van der Waals surface area (Å²) in [7, 11) is 0. The predicted octanol–water partition coefficient (Wildman–Crippen LogP) is 2.51. The van der Waals surface area contributed by atoms with E-state index < -0.39 is 0 Å². The summed E-state index contributed by atoms with van der Waals surface area (Å²) in [5.74, 6) is 1.15. The highest BCUT2D eigenvalue weighted by molar-refractivity contribution is 5.50. The van der Waals surface area contributed by atoms with Gasteiger partial charge in [0.1, 0.15) is 5.82 Å². The van der Waals surface area contributed by atoms with E-state index in [0.29, 0.717) is 18.2 Å². The number of nitrogens with one attached hydrogen (secondary N) is 1. The van der Waals surface area contributed by atoms with Crippen LogP contribution in [0.2, 0.25) is 0 Å². The number of pyridine rings is 1. The van der Waals surface area contributed by atoms with E-state index in [1.165, 1.54) is 24.8 Å². The van der Waals surface area contributed by atoms with E-state index in [0.717, 1.165) is 25.5 Å². The number of ether oxygens (including phenoxy) is 1. The average Bonchev–Trinajstić information content (AvgIpc) is 2.96. The SMILES string of the molecule is CCNC(C)c1cccnc1N1CCOC2CCCC21. The Balaban J connectivity index is 1.89. The summed E-state index contributed by atoms with van der Waals surface area (Å²) < 4.78 is 5.92. The first-order chi connectivity index (χ1) is 9.81. The molecular formula is C16H25N3O. The van der Waals surface area contributed by atoms with E-state index in [9.17, 15) is 0 Å². The molecule has 1 saturated heterocycles. The molecule has 2 fully saturated rings. The Morgan fingerprint density at radius 3 is 3.25 bits per heavy atom. The van der Waals surface area contributed by atoms with E-state index in [-0.39, 0.29) is 0 Å². The topological polar surface area (TPSA) is 37.4 Å². The standard InChI is InChI=1S/C16H25N3O/c1-3-17-12(2)13-6-5-9-18-16(13)19-10-11-20-15-8-4-7-14(15)19/h5-6,9,12,14-15,17H,3-4,7-8,10-11H2,1-2H3. The fraction of sp³-hybridized carbons (Fsp3) is 0.688. The maximum Gasteiger partial charge on any atom is 0.133 e. The van der Waals surface area contributed by atoms with Gasteiger partial charge in [-0.3, -0.25) is 0 Å². The molecule has 0 aromatic carbocycles. The molecule has 3 unspecified atom stereocenters. The molecular weight excluding hydrogens is 250 g/mol. The third-order valence-corrected chi connectivity index (χ3v) is 4.55.